The maximum Gasteiger partial charge on any atom is 0.341 e. The Labute approximate surface area is 153 Å². The molecule has 5 nitrogen and oxygen atoms in total. The molecule has 3 rings (SSSR count). The molecule has 0 saturated carbocycles. The monoisotopic (exact) mass is 400 g/mol. The molecule has 0 amide bonds. The van der Waals surface area contributed by atoms with E-state index in [0.29, 0.717) is 12.3 Å². The van der Waals surface area contributed by atoms with Gasteiger partial charge in [-0.1, -0.05) is 11.6 Å². The molecule has 0 aliphatic heterocycles. The Balaban J connectivity index is 2.65. The summed E-state index contributed by atoms with van der Waals surface area (Å²) in [7, 11) is 0. The number of pyridine rings is 1. The van der Waals surface area contributed by atoms with Crippen LogP contribution in [0.1, 0.15) is 15.9 Å². The molecule has 0 atom stereocenters. The Morgan fingerprint density at radius 2 is 1.78 bits per heavy atom. The smallest absolute Gasteiger partial charge is 0.341 e. The molecule has 0 aliphatic rings. The molecular formula is C17H9ClF4N2O3. The average Bonchev–Trinajstić information content (AvgIpc) is 2.60. The summed E-state index contributed by atoms with van der Waals surface area (Å²) in [6, 6.07) is 1.24. The van der Waals surface area contributed by atoms with Gasteiger partial charge in [-0.15, -0.1) is 0 Å². The highest BCUT2D eigenvalue weighted by atomic mass is 35.5. The van der Waals surface area contributed by atoms with Crippen molar-refractivity contribution in [3.63, 3.8) is 0 Å². The molecule has 10 heteroatoms. The Hall–Kier alpha value is -3.07. The molecule has 0 spiro atoms. The van der Waals surface area contributed by atoms with E-state index in [4.69, 9.17) is 17.3 Å². The minimum atomic E-state index is -1.69. The molecule has 0 bridgehead atoms. The molecule has 3 N–H and O–H groups in total. The first-order valence-electron chi connectivity index (χ1n) is 7.26. The number of anilines is 1. The van der Waals surface area contributed by atoms with Crippen molar-refractivity contribution < 1.29 is 27.5 Å². The van der Waals surface area contributed by atoms with Crippen LogP contribution >= 0.6 is 11.6 Å². The number of aromatic nitrogens is 1. The lowest BCUT2D eigenvalue weighted by Gasteiger charge is -2.17. The van der Waals surface area contributed by atoms with Gasteiger partial charge in [0.2, 0.25) is 5.43 Å². The van der Waals surface area contributed by atoms with Crippen molar-refractivity contribution in [3.8, 4) is 5.69 Å². The molecule has 27 heavy (non-hydrogen) atoms. The lowest BCUT2D eigenvalue weighted by atomic mass is 10.0. The predicted octanol–water partition coefficient (Wildman–Crippen LogP) is 3.79. The van der Waals surface area contributed by atoms with E-state index in [-0.39, 0.29) is 0 Å². The van der Waals surface area contributed by atoms with E-state index in [1.807, 2.05) is 0 Å². The second kappa shape index (κ2) is 6.27. The number of benzene rings is 2. The zero-order valence-electron chi connectivity index (χ0n) is 13.4. The highest BCUT2D eigenvalue weighted by Gasteiger charge is 2.25. The summed E-state index contributed by atoms with van der Waals surface area (Å²) in [5.74, 6) is -6.92. The molecule has 140 valence electrons. The van der Waals surface area contributed by atoms with Gasteiger partial charge in [0.1, 0.15) is 22.2 Å². The van der Waals surface area contributed by atoms with Crippen molar-refractivity contribution in [2.45, 2.75) is 6.92 Å². The predicted molar refractivity (Wildman–Crippen MR) is 90.5 cm³/mol. The van der Waals surface area contributed by atoms with Crippen LogP contribution in [-0.4, -0.2) is 15.6 Å². The van der Waals surface area contributed by atoms with E-state index in [9.17, 15) is 32.3 Å². The Kier molecular flexibility index (Phi) is 4.35. The summed E-state index contributed by atoms with van der Waals surface area (Å²) in [4.78, 5) is 23.9. The molecule has 3 aromatic rings. The summed E-state index contributed by atoms with van der Waals surface area (Å²) in [6.45, 7) is 1.05. The van der Waals surface area contributed by atoms with Gasteiger partial charge >= 0.3 is 5.97 Å². The molecule has 0 unspecified atom stereocenters. The number of nitrogens with two attached hydrogens (primary N) is 1. The minimum Gasteiger partial charge on any atom is -0.477 e. The fourth-order valence-electron chi connectivity index (χ4n) is 2.73. The molecule has 2 aromatic carbocycles. The van der Waals surface area contributed by atoms with Gasteiger partial charge in [-0.25, -0.2) is 22.4 Å². The van der Waals surface area contributed by atoms with E-state index < -0.39 is 73.1 Å². The Morgan fingerprint density at radius 1 is 1.15 bits per heavy atom. The summed E-state index contributed by atoms with van der Waals surface area (Å²) in [5, 5.41) is 7.83. The maximum atomic E-state index is 14.3. The first kappa shape index (κ1) is 18.7. The summed E-state index contributed by atoms with van der Waals surface area (Å²) >= 11 is 5.84. The fourth-order valence-corrected chi connectivity index (χ4v) is 3.00. The number of aromatic carboxylic acids is 1. The van der Waals surface area contributed by atoms with E-state index in [2.05, 4.69) is 0 Å². The summed E-state index contributed by atoms with van der Waals surface area (Å²) in [6.07, 6.45) is 0.686. The molecule has 0 fully saturated rings. The number of carboxylic acids is 1. The van der Waals surface area contributed by atoms with Gasteiger partial charge in [0, 0.05) is 17.8 Å². The Bertz CT molecular complexity index is 1210. The highest BCUT2D eigenvalue weighted by Crippen LogP contribution is 2.33. The third-order valence-corrected chi connectivity index (χ3v) is 4.41. The van der Waals surface area contributed by atoms with Crippen molar-refractivity contribution in [2.75, 3.05) is 5.73 Å². The molecule has 0 saturated heterocycles. The van der Waals surface area contributed by atoms with E-state index in [1.54, 1.807) is 0 Å². The van der Waals surface area contributed by atoms with E-state index in [0.717, 1.165) is 17.6 Å². The summed E-state index contributed by atoms with van der Waals surface area (Å²) < 4.78 is 56.7. The van der Waals surface area contributed by atoms with Crippen molar-refractivity contribution >= 4 is 34.2 Å². The van der Waals surface area contributed by atoms with Crippen LogP contribution in [0.2, 0.25) is 5.02 Å². The maximum absolute atomic E-state index is 14.3. The van der Waals surface area contributed by atoms with Gasteiger partial charge in [-0.3, -0.25) is 4.79 Å². The van der Waals surface area contributed by atoms with Gasteiger partial charge in [0.25, 0.3) is 0 Å². The van der Waals surface area contributed by atoms with Crippen LogP contribution in [0.25, 0.3) is 16.6 Å². The molecule has 1 heterocycles. The van der Waals surface area contributed by atoms with Crippen LogP contribution in [0, 0.1) is 30.2 Å². The van der Waals surface area contributed by atoms with Crippen molar-refractivity contribution in [2.24, 2.45) is 0 Å². The SMILES string of the molecule is Cc1c(F)c(F)c(Cl)c2c1c(=O)c(C(=O)O)cn2-c1cc(N)c(F)cc1F. The minimum absolute atomic E-state index is 0.426. The number of nitrogens with zero attached hydrogens (tertiary/aromatic N) is 1. The lowest BCUT2D eigenvalue weighted by molar-refractivity contribution is 0.0695. The van der Waals surface area contributed by atoms with Gasteiger partial charge in [-0.2, -0.15) is 0 Å². The largest absolute Gasteiger partial charge is 0.477 e. The molecular weight excluding hydrogens is 392 g/mol. The van der Waals surface area contributed by atoms with Crippen LogP contribution < -0.4 is 11.2 Å². The Morgan fingerprint density at radius 3 is 2.37 bits per heavy atom. The van der Waals surface area contributed by atoms with Gasteiger partial charge < -0.3 is 15.4 Å². The number of rotatable bonds is 2. The number of fused-ring (bicyclic) bond motifs is 1. The van der Waals surface area contributed by atoms with Crippen molar-refractivity contribution in [1.82, 2.24) is 4.57 Å². The third-order valence-electron chi connectivity index (χ3n) is 4.06. The second-order valence-corrected chi connectivity index (χ2v) is 6.04. The number of aryl methyl sites for hydroxylation is 1. The summed E-state index contributed by atoms with van der Waals surface area (Å²) in [5.41, 5.74) is 1.44. The van der Waals surface area contributed by atoms with Crippen molar-refractivity contribution in [3.05, 3.63) is 68.0 Å². The average molecular weight is 401 g/mol. The fraction of sp³-hybridized carbons (Fsp3) is 0.0588. The van der Waals surface area contributed by atoms with Crippen LogP contribution in [0.15, 0.2) is 23.1 Å². The number of halogens is 5. The molecule has 0 aliphatic carbocycles. The zero-order chi connectivity index (χ0) is 20.2. The lowest BCUT2D eigenvalue weighted by Crippen LogP contribution is -2.21. The van der Waals surface area contributed by atoms with Gasteiger partial charge in [0.05, 0.1) is 22.3 Å². The number of hydrogen-bond donors (Lipinski definition) is 2. The first-order valence-corrected chi connectivity index (χ1v) is 7.64. The number of carbonyl (C=O) groups is 1. The number of hydrogen-bond acceptors (Lipinski definition) is 3. The molecule has 1 aromatic heterocycles. The van der Waals surface area contributed by atoms with E-state index in [1.165, 1.54) is 0 Å². The van der Waals surface area contributed by atoms with Gasteiger partial charge in [0.15, 0.2) is 11.6 Å². The topological polar surface area (TPSA) is 85.3 Å². The standard InChI is InChI=1S/C17H9ClF4N2O3/c1-5-11-15(12(18)14(22)13(5)21)24(4-6(16(11)25)17(26)27)10-3-9(23)7(19)2-8(10)20/h2-4H,23H2,1H3,(H,26,27). The highest BCUT2D eigenvalue weighted by molar-refractivity contribution is 6.35. The second-order valence-electron chi connectivity index (χ2n) is 5.66. The quantitative estimate of drug-likeness (QED) is 0.389. The van der Waals surface area contributed by atoms with Gasteiger partial charge in [-0.05, 0) is 13.0 Å². The van der Waals surface area contributed by atoms with E-state index >= 15 is 0 Å². The van der Waals surface area contributed by atoms with Crippen LogP contribution in [0.5, 0.6) is 0 Å². The first-order chi connectivity index (χ1) is 12.6. The van der Waals surface area contributed by atoms with Crippen LogP contribution in [0.4, 0.5) is 23.2 Å². The van der Waals surface area contributed by atoms with Crippen LogP contribution in [0.3, 0.4) is 0 Å². The van der Waals surface area contributed by atoms with Crippen LogP contribution in [-0.2, 0) is 0 Å². The number of carboxylic acid groups (broad SMARTS) is 1. The number of nitrogen functional groups attached to an aromatic ring is 1. The van der Waals surface area contributed by atoms with Crippen molar-refractivity contribution in [1.29, 1.82) is 0 Å². The zero-order valence-corrected chi connectivity index (χ0v) is 14.2. The normalized spacial score (nSPS) is 11.2. The molecule has 0 radical (unpaired) electrons. The third kappa shape index (κ3) is 2.71.